The fraction of sp³-hybridized carbons (Fsp3) is 0.375. The van der Waals surface area contributed by atoms with Gasteiger partial charge in [0, 0.05) is 11.1 Å². The quantitative estimate of drug-likeness (QED) is 0.519. The number of benzene rings is 2. The summed E-state index contributed by atoms with van der Waals surface area (Å²) in [6, 6.07) is 21.1. The van der Waals surface area contributed by atoms with Gasteiger partial charge >= 0.3 is 0 Å². The number of allylic oxidation sites excluding steroid dienone is 1. The standard InChI is InChI=1S/2C9H13N.C6H10O2.ClH/c2*1-10(2)8-9-6-4-3-5-7-9;1-3-4-5(2)6(7)8;/h2*3-7H,8H2,1-2H3;4H,3H2,1-2H3,(H,7,8);1H. The van der Waals surface area contributed by atoms with E-state index in [0.717, 1.165) is 19.5 Å². The van der Waals surface area contributed by atoms with Crippen LogP contribution >= 0.6 is 0 Å². The molecule has 162 valence electrons. The largest absolute Gasteiger partial charge is 1.00 e. The number of hydrogen-bond donors (Lipinski definition) is 2. The molecule has 0 aromatic heterocycles. The Balaban J connectivity index is 0. The summed E-state index contributed by atoms with van der Waals surface area (Å²) >= 11 is 0. The predicted octanol–water partition coefficient (Wildman–Crippen LogP) is -2.24. The van der Waals surface area contributed by atoms with Crippen LogP contribution in [-0.2, 0) is 17.9 Å². The van der Waals surface area contributed by atoms with Crippen molar-refractivity contribution >= 4 is 5.97 Å². The second-order valence-corrected chi connectivity index (χ2v) is 7.32. The Morgan fingerprint density at radius 2 is 1.17 bits per heavy atom. The Morgan fingerprint density at radius 1 is 0.828 bits per heavy atom. The van der Waals surface area contributed by atoms with Crippen molar-refractivity contribution < 1.29 is 32.1 Å². The summed E-state index contributed by atoms with van der Waals surface area (Å²) in [7, 11) is 8.64. The van der Waals surface area contributed by atoms with Crippen LogP contribution in [-0.4, -0.2) is 34.2 Å². The average Bonchev–Trinajstić information content (AvgIpc) is 2.63. The van der Waals surface area contributed by atoms with Gasteiger partial charge in [-0.3, -0.25) is 0 Å². The fourth-order valence-electron chi connectivity index (χ4n) is 2.40. The van der Waals surface area contributed by atoms with E-state index in [4.69, 9.17) is 0 Å². The van der Waals surface area contributed by atoms with Gasteiger partial charge in [-0.05, 0) is 18.9 Å². The summed E-state index contributed by atoms with van der Waals surface area (Å²) < 4.78 is 0. The van der Waals surface area contributed by atoms with E-state index in [0.29, 0.717) is 5.57 Å². The molecule has 0 atom stereocenters. The van der Waals surface area contributed by atoms with Gasteiger partial charge in [0.05, 0.1) is 34.2 Å². The van der Waals surface area contributed by atoms with Crippen LogP contribution in [0.25, 0.3) is 0 Å². The first-order chi connectivity index (χ1) is 13.3. The van der Waals surface area contributed by atoms with Crippen LogP contribution in [0.2, 0.25) is 0 Å². The molecule has 0 saturated heterocycles. The minimum Gasteiger partial charge on any atom is -1.00 e. The number of quaternary nitrogens is 2. The molecule has 0 unspecified atom stereocenters. The Morgan fingerprint density at radius 3 is 1.38 bits per heavy atom. The molecule has 2 N–H and O–H groups in total. The highest BCUT2D eigenvalue weighted by atomic mass is 35.5. The van der Waals surface area contributed by atoms with E-state index in [2.05, 4.69) is 88.9 Å². The highest BCUT2D eigenvalue weighted by molar-refractivity contribution is 5.83. The van der Waals surface area contributed by atoms with Crippen LogP contribution in [0.15, 0.2) is 72.3 Å². The minimum absolute atomic E-state index is 0. The van der Waals surface area contributed by atoms with Crippen molar-refractivity contribution in [2.75, 3.05) is 28.2 Å². The van der Waals surface area contributed by atoms with Crippen LogP contribution < -0.4 is 27.3 Å². The normalized spacial score (nSPS) is 10.3. The number of rotatable bonds is 6. The summed E-state index contributed by atoms with van der Waals surface area (Å²) in [5.74, 6) is -1.08. The number of nitrogens with one attached hydrogen (secondary N) is 2. The molecule has 0 fully saturated rings. The molecule has 0 spiro atoms. The highest BCUT2D eigenvalue weighted by Gasteiger charge is 1.94. The van der Waals surface area contributed by atoms with Crippen LogP contribution in [0.4, 0.5) is 0 Å². The zero-order valence-electron chi connectivity index (χ0n) is 18.7. The van der Waals surface area contributed by atoms with Gasteiger partial charge in [-0.1, -0.05) is 73.7 Å². The van der Waals surface area contributed by atoms with E-state index in [1.54, 1.807) is 6.08 Å². The van der Waals surface area contributed by atoms with Crippen molar-refractivity contribution in [3.05, 3.63) is 83.4 Å². The second kappa shape index (κ2) is 17.9. The van der Waals surface area contributed by atoms with Crippen molar-refractivity contribution in [3.8, 4) is 0 Å². The molecule has 0 aliphatic heterocycles. The minimum atomic E-state index is -1.08. The zero-order valence-corrected chi connectivity index (χ0v) is 19.4. The lowest BCUT2D eigenvalue weighted by molar-refractivity contribution is -0.872. The smallest absolute Gasteiger partial charge is 0.102 e. The lowest BCUT2D eigenvalue weighted by Gasteiger charge is -2.05. The number of aliphatic carboxylic acids is 1. The topological polar surface area (TPSA) is 49.0 Å². The van der Waals surface area contributed by atoms with E-state index in [1.165, 1.54) is 27.9 Å². The SMILES string of the molecule is CCC=C(C)C(=O)[O-].C[NH+](C)Cc1ccccc1.C[NH+](C)Cc1ccccc1.[Cl-]. The number of carbonyl (C=O) groups excluding carboxylic acids is 1. The summed E-state index contributed by atoms with van der Waals surface area (Å²) in [4.78, 5) is 12.8. The van der Waals surface area contributed by atoms with Gasteiger partial charge in [-0.25, -0.2) is 0 Å². The highest BCUT2D eigenvalue weighted by Crippen LogP contribution is 1.95. The van der Waals surface area contributed by atoms with E-state index in [1.807, 2.05) is 6.92 Å². The number of halogens is 1. The van der Waals surface area contributed by atoms with Crippen molar-refractivity contribution in [1.82, 2.24) is 0 Å². The molecule has 2 aromatic carbocycles. The van der Waals surface area contributed by atoms with E-state index < -0.39 is 5.97 Å². The monoisotopic (exact) mass is 420 g/mol. The number of carbonyl (C=O) groups is 1. The average molecular weight is 421 g/mol. The van der Waals surface area contributed by atoms with Crippen molar-refractivity contribution in [1.29, 1.82) is 0 Å². The molecule has 5 heteroatoms. The maximum atomic E-state index is 9.91. The molecule has 2 rings (SSSR count). The molecule has 0 amide bonds. The Hall–Kier alpha value is -2.14. The van der Waals surface area contributed by atoms with Gasteiger partial charge in [0.1, 0.15) is 13.1 Å². The molecule has 4 nitrogen and oxygen atoms in total. The predicted molar refractivity (Wildman–Crippen MR) is 115 cm³/mol. The lowest BCUT2D eigenvalue weighted by Crippen LogP contribution is -3.04. The third-order valence-corrected chi connectivity index (χ3v) is 3.63. The van der Waals surface area contributed by atoms with Crippen LogP contribution in [0, 0.1) is 0 Å². The lowest BCUT2D eigenvalue weighted by atomic mass is 10.2. The number of carboxylic acid groups (broad SMARTS) is 1. The number of hydrogen-bond acceptors (Lipinski definition) is 2. The third kappa shape index (κ3) is 17.7. The molecule has 0 radical (unpaired) electrons. The summed E-state index contributed by atoms with van der Waals surface area (Å²) in [6.45, 7) is 5.63. The van der Waals surface area contributed by atoms with Crippen LogP contribution in [0.5, 0.6) is 0 Å². The van der Waals surface area contributed by atoms with E-state index in [9.17, 15) is 9.90 Å². The zero-order chi connectivity index (χ0) is 21.4. The Kier molecular flexibility index (Phi) is 18.0. The van der Waals surface area contributed by atoms with Gasteiger partial charge in [-0.2, -0.15) is 0 Å². The third-order valence-electron chi connectivity index (χ3n) is 3.63. The van der Waals surface area contributed by atoms with Gasteiger partial charge in [-0.15, -0.1) is 0 Å². The van der Waals surface area contributed by atoms with Crippen LogP contribution in [0.3, 0.4) is 0 Å². The first-order valence-electron chi connectivity index (χ1n) is 9.80. The van der Waals surface area contributed by atoms with Crippen molar-refractivity contribution in [3.63, 3.8) is 0 Å². The van der Waals surface area contributed by atoms with E-state index in [-0.39, 0.29) is 12.4 Å². The molecule has 0 bridgehead atoms. The number of carboxylic acids is 1. The molecule has 2 aromatic rings. The molecular weight excluding hydrogens is 384 g/mol. The second-order valence-electron chi connectivity index (χ2n) is 7.32. The van der Waals surface area contributed by atoms with Gasteiger partial charge < -0.3 is 32.1 Å². The maximum Gasteiger partial charge on any atom is 0.102 e. The molecule has 0 aliphatic rings. The fourth-order valence-corrected chi connectivity index (χ4v) is 2.40. The molecule has 0 heterocycles. The molecule has 0 saturated carbocycles. The first-order valence-corrected chi connectivity index (χ1v) is 9.80. The Bertz CT molecular complexity index is 626. The first kappa shape index (κ1) is 29.1. The summed E-state index contributed by atoms with van der Waals surface area (Å²) in [5, 5.41) is 9.91. The molecule has 0 aliphatic carbocycles. The molecule has 29 heavy (non-hydrogen) atoms. The Labute approximate surface area is 183 Å². The van der Waals surface area contributed by atoms with Gasteiger partial charge in [0.25, 0.3) is 0 Å². The van der Waals surface area contributed by atoms with Crippen molar-refractivity contribution in [2.45, 2.75) is 33.4 Å². The maximum absolute atomic E-state index is 9.91. The van der Waals surface area contributed by atoms with E-state index >= 15 is 0 Å². The van der Waals surface area contributed by atoms with Gasteiger partial charge in [0.15, 0.2) is 0 Å². The van der Waals surface area contributed by atoms with Gasteiger partial charge in [0.2, 0.25) is 0 Å². The summed E-state index contributed by atoms with van der Waals surface area (Å²) in [5.41, 5.74) is 3.12. The van der Waals surface area contributed by atoms with Crippen molar-refractivity contribution in [2.24, 2.45) is 0 Å². The molecular formula is C24H37ClN2O2. The summed E-state index contributed by atoms with van der Waals surface area (Å²) in [6.07, 6.45) is 2.37. The van der Waals surface area contributed by atoms with Crippen LogP contribution in [0.1, 0.15) is 31.4 Å².